The van der Waals surface area contributed by atoms with Crippen LogP contribution in [0.2, 0.25) is 0 Å². The molecule has 0 unspecified atom stereocenters. The number of anilines is 2. The first kappa shape index (κ1) is 25.2. The molecule has 0 saturated heterocycles. The summed E-state index contributed by atoms with van der Waals surface area (Å²) in [5.74, 6) is 0.664. The van der Waals surface area contributed by atoms with Crippen molar-refractivity contribution in [2.45, 2.75) is 13.3 Å². The average molecular weight is 525 g/mol. The number of hydrogen-bond acceptors (Lipinski definition) is 5. The molecule has 4 heterocycles. The minimum atomic E-state index is 0.664. The molecule has 2 N–H and O–H groups in total. The fraction of sp³-hybridized carbons (Fsp3) is 0.118. The van der Waals surface area contributed by atoms with Crippen LogP contribution in [0.3, 0.4) is 0 Å². The number of rotatable bonds is 8. The van der Waals surface area contributed by atoms with Gasteiger partial charge in [-0.2, -0.15) is 0 Å². The molecular formula is C34H32N6. The van der Waals surface area contributed by atoms with Crippen LogP contribution in [0.15, 0.2) is 137 Å². The summed E-state index contributed by atoms with van der Waals surface area (Å²) in [6.07, 6.45) is 23.9. The highest BCUT2D eigenvalue weighted by Gasteiger charge is 2.29. The Morgan fingerprint density at radius 1 is 0.850 bits per heavy atom. The average Bonchev–Trinajstić information content (AvgIpc) is 3.54. The zero-order valence-corrected chi connectivity index (χ0v) is 23.0. The molecule has 2 aromatic carbocycles. The molecule has 1 aromatic heterocycles. The van der Waals surface area contributed by atoms with E-state index in [0.29, 0.717) is 5.96 Å². The van der Waals surface area contributed by atoms with Gasteiger partial charge < -0.3 is 15.2 Å². The number of nitrogens with one attached hydrogen (secondary N) is 2. The molecule has 0 spiro atoms. The lowest BCUT2D eigenvalue weighted by Crippen LogP contribution is -2.34. The smallest absolute Gasteiger partial charge is 0.235 e. The number of benzene rings is 2. The first-order valence-electron chi connectivity index (χ1n) is 13.5. The molecule has 0 bridgehead atoms. The number of allylic oxidation sites excluding steroid dienone is 9. The maximum atomic E-state index is 5.08. The Labute approximate surface area is 235 Å². The largest absolute Gasteiger partial charge is 0.388 e. The van der Waals surface area contributed by atoms with E-state index in [0.717, 1.165) is 57.4 Å². The van der Waals surface area contributed by atoms with E-state index in [2.05, 4.69) is 99.0 Å². The van der Waals surface area contributed by atoms with E-state index in [4.69, 9.17) is 9.98 Å². The van der Waals surface area contributed by atoms with E-state index < -0.39 is 0 Å². The molecule has 3 aliphatic rings. The molecule has 40 heavy (non-hydrogen) atoms. The van der Waals surface area contributed by atoms with E-state index in [9.17, 15) is 0 Å². The van der Waals surface area contributed by atoms with Gasteiger partial charge in [0.2, 0.25) is 5.96 Å². The molecule has 0 saturated carbocycles. The van der Waals surface area contributed by atoms with Crippen LogP contribution in [0.25, 0.3) is 11.4 Å². The Kier molecular flexibility index (Phi) is 6.89. The third kappa shape index (κ3) is 4.76. The van der Waals surface area contributed by atoms with Gasteiger partial charge in [-0.1, -0.05) is 42.5 Å². The minimum Gasteiger partial charge on any atom is -0.388 e. The molecule has 0 atom stereocenters. The van der Waals surface area contributed by atoms with Gasteiger partial charge in [0.05, 0.1) is 22.8 Å². The van der Waals surface area contributed by atoms with Crippen molar-refractivity contribution < 1.29 is 0 Å². The van der Waals surface area contributed by atoms with Gasteiger partial charge in [-0.25, -0.2) is 9.98 Å². The van der Waals surface area contributed by atoms with Crippen molar-refractivity contribution in [3.05, 3.63) is 144 Å². The van der Waals surface area contributed by atoms with Gasteiger partial charge in [-0.05, 0) is 79.6 Å². The Hall–Kier alpha value is -5.10. The summed E-state index contributed by atoms with van der Waals surface area (Å²) in [4.78, 5) is 12.3. The number of hydrogen-bond donors (Lipinski definition) is 2. The zero-order chi connectivity index (χ0) is 27.5. The summed E-state index contributed by atoms with van der Waals surface area (Å²) >= 11 is 0. The highest BCUT2D eigenvalue weighted by Crippen LogP contribution is 2.36. The molecule has 0 aliphatic carbocycles. The second kappa shape index (κ2) is 10.9. The van der Waals surface area contributed by atoms with Crippen molar-refractivity contribution >= 4 is 28.7 Å². The van der Waals surface area contributed by atoms with E-state index in [1.807, 2.05) is 57.7 Å². The highest BCUT2D eigenvalue weighted by molar-refractivity contribution is 6.19. The fourth-order valence-corrected chi connectivity index (χ4v) is 5.13. The second-order valence-corrected chi connectivity index (χ2v) is 9.65. The monoisotopic (exact) mass is 524 g/mol. The van der Waals surface area contributed by atoms with Gasteiger partial charge in [0.25, 0.3) is 0 Å². The molecule has 6 heteroatoms. The Balaban J connectivity index is 1.38. The predicted molar refractivity (Wildman–Crippen MR) is 168 cm³/mol. The minimum absolute atomic E-state index is 0.664. The number of guanidine groups is 1. The van der Waals surface area contributed by atoms with Crippen LogP contribution < -0.4 is 10.6 Å². The topological polar surface area (TPSA) is 57.0 Å². The van der Waals surface area contributed by atoms with Crippen molar-refractivity contribution in [3.8, 4) is 5.69 Å². The van der Waals surface area contributed by atoms with Crippen molar-refractivity contribution in [2.75, 3.05) is 24.7 Å². The lowest BCUT2D eigenvalue weighted by molar-refractivity contribution is 0.648. The predicted octanol–water partition coefficient (Wildman–Crippen LogP) is 7.09. The van der Waals surface area contributed by atoms with Crippen LogP contribution in [0.1, 0.15) is 23.6 Å². The van der Waals surface area contributed by atoms with E-state index >= 15 is 0 Å². The molecule has 0 radical (unpaired) electrons. The third-order valence-corrected chi connectivity index (χ3v) is 7.13. The summed E-state index contributed by atoms with van der Waals surface area (Å²) < 4.78 is 2.10. The Morgan fingerprint density at radius 3 is 2.45 bits per heavy atom. The summed E-state index contributed by atoms with van der Waals surface area (Å²) in [5, 5.41) is 6.74. The molecule has 198 valence electrons. The molecular weight excluding hydrogens is 492 g/mol. The number of aliphatic imine (C=N–C) groups is 2. The van der Waals surface area contributed by atoms with Crippen LogP contribution in [-0.4, -0.2) is 35.2 Å². The van der Waals surface area contributed by atoms with Crippen LogP contribution in [0.4, 0.5) is 11.4 Å². The van der Waals surface area contributed by atoms with Gasteiger partial charge in [0.1, 0.15) is 0 Å². The van der Waals surface area contributed by atoms with E-state index in [1.165, 1.54) is 5.56 Å². The summed E-state index contributed by atoms with van der Waals surface area (Å²) in [5.41, 5.74) is 10.3. The van der Waals surface area contributed by atoms with Gasteiger partial charge in [0.15, 0.2) is 0 Å². The summed E-state index contributed by atoms with van der Waals surface area (Å²) in [6, 6.07) is 17.0. The SMILES string of the molecule is C/C=C\C=C/Cc1ccc(C2=NC3=NC(c4ccc(-n5cccc5)cc4NC)=CC4=CC=CC(=C2)N43)c(NC)c1. The van der Waals surface area contributed by atoms with Gasteiger partial charge >= 0.3 is 0 Å². The van der Waals surface area contributed by atoms with Crippen LogP contribution in [0, 0.1) is 0 Å². The first-order chi connectivity index (χ1) is 19.7. The van der Waals surface area contributed by atoms with Crippen LogP contribution >= 0.6 is 0 Å². The van der Waals surface area contributed by atoms with Crippen molar-refractivity contribution in [1.82, 2.24) is 9.47 Å². The van der Waals surface area contributed by atoms with Crippen LogP contribution in [-0.2, 0) is 6.42 Å². The van der Waals surface area contributed by atoms with Crippen molar-refractivity contribution in [1.29, 1.82) is 0 Å². The number of aromatic nitrogens is 1. The maximum Gasteiger partial charge on any atom is 0.235 e. The quantitative estimate of drug-likeness (QED) is 0.309. The number of nitrogens with zero attached hydrogens (tertiary/aromatic N) is 4. The van der Waals surface area contributed by atoms with Gasteiger partial charge in [-0.15, -0.1) is 0 Å². The normalized spacial score (nSPS) is 15.9. The molecule has 6 rings (SSSR count). The Morgan fingerprint density at radius 2 is 1.65 bits per heavy atom. The Bertz CT molecular complexity index is 1690. The van der Waals surface area contributed by atoms with Crippen LogP contribution in [0.5, 0.6) is 0 Å². The van der Waals surface area contributed by atoms with Crippen molar-refractivity contribution in [2.24, 2.45) is 9.98 Å². The summed E-state index contributed by atoms with van der Waals surface area (Å²) in [6.45, 7) is 2.02. The fourth-order valence-electron chi connectivity index (χ4n) is 5.13. The lowest BCUT2D eigenvalue weighted by atomic mass is 9.99. The highest BCUT2D eigenvalue weighted by atomic mass is 15.3. The summed E-state index contributed by atoms with van der Waals surface area (Å²) in [7, 11) is 3.90. The molecule has 6 nitrogen and oxygen atoms in total. The second-order valence-electron chi connectivity index (χ2n) is 9.65. The van der Waals surface area contributed by atoms with Gasteiger partial charge in [-0.3, -0.25) is 4.90 Å². The lowest BCUT2D eigenvalue weighted by Gasteiger charge is -2.34. The van der Waals surface area contributed by atoms with E-state index in [-0.39, 0.29) is 0 Å². The zero-order valence-electron chi connectivity index (χ0n) is 23.0. The molecule has 3 aliphatic heterocycles. The molecule has 0 fully saturated rings. The first-order valence-corrected chi connectivity index (χ1v) is 13.5. The van der Waals surface area contributed by atoms with Crippen molar-refractivity contribution in [3.63, 3.8) is 0 Å². The van der Waals surface area contributed by atoms with E-state index in [1.54, 1.807) is 0 Å². The molecule has 3 aromatic rings. The maximum absolute atomic E-state index is 5.08. The van der Waals surface area contributed by atoms with Gasteiger partial charge in [0, 0.05) is 54.7 Å². The standard InChI is InChI=1S/C34H32N6/c1-4-5-6-7-11-24-14-16-28(30(20-24)35-2)32-22-26-12-10-13-27-23-33(38-34(37-32)40(26)27)29-17-15-25(21-31(29)36-3)39-18-8-9-19-39/h4-10,12-23,35-36H,11H2,1-3H3/b5-4-,7-6-. The third-order valence-electron chi connectivity index (χ3n) is 7.13. The molecule has 0 amide bonds.